The Morgan fingerprint density at radius 2 is 1.79 bits per heavy atom. The van der Waals surface area contributed by atoms with Crippen molar-refractivity contribution >= 4 is 32.7 Å². The van der Waals surface area contributed by atoms with Crippen LogP contribution in [0.4, 0.5) is 0 Å². The summed E-state index contributed by atoms with van der Waals surface area (Å²) in [5.41, 5.74) is 1.71. The molecular formula is C16H11BrO2. The molecule has 2 aromatic carbocycles. The van der Waals surface area contributed by atoms with Crippen LogP contribution in [0.15, 0.2) is 63.5 Å². The largest absolute Gasteiger partial charge is 0.453 e. The number of hydrogen-bond donors (Lipinski definition) is 0. The Morgan fingerprint density at radius 1 is 1.05 bits per heavy atom. The Bertz CT molecular complexity index is 710. The molecule has 0 spiro atoms. The molecule has 0 N–H and O–H groups in total. The third-order valence-corrected chi connectivity index (χ3v) is 3.78. The summed E-state index contributed by atoms with van der Waals surface area (Å²) in [6, 6.07) is 17.2. The fraction of sp³-hybridized carbons (Fsp3) is 0.0625. The van der Waals surface area contributed by atoms with Gasteiger partial charge in [0.1, 0.15) is 5.58 Å². The van der Waals surface area contributed by atoms with Gasteiger partial charge in [0.25, 0.3) is 0 Å². The van der Waals surface area contributed by atoms with E-state index in [4.69, 9.17) is 4.42 Å². The Hall–Kier alpha value is -1.87. The zero-order valence-electron chi connectivity index (χ0n) is 10.1. The first-order valence-electron chi connectivity index (χ1n) is 5.99. The van der Waals surface area contributed by atoms with E-state index in [1.807, 2.05) is 48.5 Å². The van der Waals surface area contributed by atoms with Gasteiger partial charge in [-0.1, -0.05) is 52.3 Å². The summed E-state index contributed by atoms with van der Waals surface area (Å²) in [6.07, 6.45) is 0.335. The van der Waals surface area contributed by atoms with E-state index in [1.165, 1.54) is 0 Å². The van der Waals surface area contributed by atoms with Crippen molar-refractivity contribution in [2.24, 2.45) is 0 Å². The van der Waals surface area contributed by atoms with Crippen molar-refractivity contribution in [3.05, 3.63) is 70.4 Å². The average Bonchev–Trinajstić information content (AvgIpc) is 2.85. The lowest BCUT2D eigenvalue weighted by atomic mass is 10.1. The van der Waals surface area contributed by atoms with Crippen LogP contribution in [0.2, 0.25) is 0 Å². The van der Waals surface area contributed by atoms with Gasteiger partial charge in [-0.2, -0.15) is 0 Å². The van der Waals surface area contributed by atoms with E-state index in [0.717, 1.165) is 21.0 Å². The minimum Gasteiger partial charge on any atom is -0.453 e. The number of carbonyl (C=O) groups excluding carboxylic acids is 1. The molecule has 0 radical (unpaired) electrons. The average molecular weight is 315 g/mol. The monoisotopic (exact) mass is 314 g/mol. The highest BCUT2D eigenvalue weighted by atomic mass is 79.9. The lowest BCUT2D eigenvalue weighted by Crippen LogP contribution is -2.02. The first-order valence-corrected chi connectivity index (χ1v) is 6.78. The van der Waals surface area contributed by atoms with Gasteiger partial charge in [-0.3, -0.25) is 4.79 Å². The lowest BCUT2D eigenvalue weighted by Gasteiger charge is -2.01. The molecule has 0 saturated heterocycles. The quantitative estimate of drug-likeness (QED) is 0.660. The molecule has 0 unspecified atom stereocenters. The molecule has 3 aromatic rings. The highest BCUT2D eigenvalue weighted by molar-refractivity contribution is 9.10. The zero-order valence-corrected chi connectivity index (χ0v) is 11.7. The van der Waals surface area contributed by atoms with Crippen molar-refractivity contribution in [3.63, 3.8) is 0 Å². The van der Waals surface area contributed by atoms with Crippen LogP contribution in [0.3, 0.4) is 0 Å². The molecule has 3 rings (SSSR count). The third-order valence-electron chi connectivity index (χ3n) is 3.01. The summed E-state index contributed by atoms with van der Waals surface area (Å²) in [7, 11) is 0. The molecule has 3 heteroatoms. The van der Waals surface area contributed by atoms with E-state index in [9.17, 15) is 4.79 Å². The van der Waals surface area contributed by atoms with Gasteiger partial charge in [-0.15, -0.1) is 0 Å². The predicted octanol–water partition coefficient (Wildman–Crippen LogP) is 4.62. The first-order chi connectivity index (χ1) is 9.24. The second kappa shape index (κ2) is 5.02. The second-order valence-corrected chi connectivity index (χ2v) is 5.19. The lowest BCUT2D eigenvalue weighted by molar-refractivity contribution is 0.0968. The number of hydrogen-bond acceptors (Lipinski definition) is 2. The topological polar surface area (TPSA) is 30.2 Å². The summed E-state index contributed by atoms with van der Waals surface area (Å²) in [5, 5.41) is 0.956. The van der Waals surface area contributed by atoms with Crippen molar-refractivity contribution < 1.29 is 9.21 Å². The smallest absolute Gasteiger partial charge is 0.202 e. The van der Waals surface area contributed by atoms with Crippen molar-refractivity contribution in [1.82, 2.24) is 0 Å². The Balaban J connectivity index is 1.90. The molecule has 0 aliphatic rings. The number of rotatable bonds is 3. The highest BCUT2D eigenvalue weighted by Gasteiger charge is 2.13. The standard InChI is InChI=1S/C16H11BrO2/c17-13-7-3-1-5-11(13)9-14(18)16-10-12-6-2-4-8-15(12)19-16/h1-8,10H,9H2. The van der Waals surface area contributed by atoms with Gasteiger partial charge >= 0.3 is 0 Å². The Labute approximate surface area is 119 Å². The van der Waals surface area contributed by atoms with Gasteiger partial charge in [-0.05, 0) is 23.8 Å². The first kappa shape index (κ1) is 12.2. The number of halogens is 1. The van der Waals surface area contributed by atoms with Gasteiger partial charge in [0.15, 0.2) is 5.76 Å². The van der Waals surface area contributed by atoms with Crippen LogP contribution in [0, 0.1) is 0 Å². The predicted molar refractivity (Wildman–Crippen MR) is 78.4 cm³/mol. The van der Waals surface area contributed by atoms with Gasteiger partial charge in [0, 0.05) is 16.3 Å². The second-order valence-electron chi connectivity index (χ2n) is 4.34. The van der Waals surface area contributed by atoms with Crippen molar-refractivity contribution in [3.8, 4) is 0 Å². The molecule has 0 aliphatic carbocycles. The maximum Gasteiger partial charge on any atom is 0.202 e. The normalized spacial score (nSPS) is 10.8. The Morgan fingerprint density at radius 3 is 2.58 bits per heavy atom. The highest BCUT2D eigenvalue weighted by Crippen LogP contribution is 2.22. The van der Waals surface area contributed by atoms with E-state index in [2.05, 4.69) is 15.9 Å². The molecule has 0 amide bonds. The van der Waals surface area contributed by atoms with E-state index >= 15 is 0 Å². The van der Waals surface area contributed by atoms with Crippen LogP contribution >= 0.6 is 15.9 Å². The van der Waals surface area contributed by atoms with Crippen molar-refractivity contribution in [1.29, 1.82) is 0 Å². The summed E-state index contributed by atoms with van der Waals surface area (Å²) in [5.74, 6) is 0.403. The van der Waals surface area contributed by atoms with Crippen LogP contribution in [0.25, 0.3) is 11.0 Å². The minimum atomic E-state index is -0.0110. The van der Waals surface area contributed by atoms with Crippen LogP contribution in [-0.4, -0.2) is 5.78 Å². The molecule has 0 aliphatic heterocycles. The van der Waals surface area contributed by atoms with E-state index in [-0.39, 0.29) is 5.78 Å². The van der Waals surface area contributed by atoms with Crippen LogP contribution in [0.1, 0.15) is 16.1 Å². The summed E-state index contributed by atoms with van der Waals surface area (Å²) < 4.78 is 6.52. The molecule has 0 fully saturated rings. The molecule has 0 saturated carbocycles. The fourth-order valence-corrected chi connectivity index (χ4v) is 2.45. The molecule has 0 atom stereocenters. The molecule has 94 valence electrons. The maximum atomic E-state index is 12.2. The summed E-state index contributed by atoms with van der Waals surface area (Å²) >= 11 is 3.45. The number of para-hydroxylation sites is 1. The minimum absolute atomic E-state index is 0.0110. The van der Waals surface area contributed by atoms with E-state index < -0.39 is 0 Å². The number of furan rings is 1. The van der Waals surface area contributed by atoms with Gasteiger partial charge in [0.2, 0.25) is 5.78 Å². The number of fused-ring (bicyclic) bond motifs is 1. The molecule has 19 heavy (non-hydrogen) atoms. The van der Waals surface area contributed by atoms with Gasteiger partial charge in [-0.25, -0.2) is 0 Å². The zero-order chi connectivity index (χ0) is 13.2. The fourth-order valence-electron chi connectivity index (χ4n) is 2.02. The molecule has 2 nitrogen and oxygen atoms in total. The number of ketones is 1. The third kappa shape index (κ3) is 2.47. The number of benzene rings is 2. The van der Waals surface area contributed by atoms with Crippen molar-refractivity contribution in [2.75, 3.05) is 0 Å². The van der Waals surface area contributed by atoms with Gasteiger partial charge < -0.3 is 4.42 Å². The molecule has 1 aromatic heterocycles. The summed E-state index contributed by atoms with van der Waals surface area (Å²) in [4.78, 5) is 12.2. The summed E-state index contributed by atoms with van der Waals surface area (Å²) in [6.45, 7) is 0. The van der Waals surface area contributed by atoms with Gasteiger partial charge in [0.05, 0.1) is 0 Å². The van der Waals surface area contributed by atoms with E-state index in [0.29, 0.717) is 12.2 Å². The maximum absolute atomic E-state index is 12.2. The number of Topliss-reactive ketones (excluding diaryl/α,β-unsaturated/α-hetero) is 1. The SMILES string of the molecule is O=C(Cc1ccccc1Br)c1cc2ccccc2o1. The van der Waals surface area contributed by atoms with E-state index in [1.54, 1.807) is 6.07 Å². The Kier molecular flexibility index (Phi) is 3.22. The van der Waals surface area contributed by atoms with Crippen LogP contribution in [0.5, 0.6) is 0 Å². The number of carbonyl (C=O) groups is 1. The van der Waals surface area contributed by atoms with Crippen molar-refractivity contribution in [2.45, 2.75) is 6.42 Å². The molecular weight excluding hydrogens is 304 g/mol. The van der Waals surface area contributed by atoms with Crippen LogP contribution < -0.4 is 0 Å². The van der Waals surface area contributed by atoms with Crippen LogP contribution in [-0.2, 0) is 6.42 Å². The molecule has 1 heterocycles. The molecule has 0 bridgehead atoms.